The Morgan fingerprint density at radius 1 is 1.14 bits per heavy atom. The third-order valence-electron chi connectivity index (χ3n) is 3.83. The first kappa shape index (κ1) is 15.8. The molecule has 21 heavy (non-hydrogen) atoms. The van der Waals surface area contributed by atoms with Crippen LogP contribution in [0.4, 0.5) is 0 Å². The smallest absolute Gasteiger partial charge is 0.311 e. The van der Waals surface area contributed by atoms with Gasteiger partial charge in [0.15, 0.2) is 0 Å². The van der Waals surface area contributed by atoms with Crippen LogP contribution in [0, 0.1) is 20.8 Å². The average Bonchev–Trinajstić information content (AvgIpc) is 2.39. The molecular weight excluding hydrogens is 328 g/mol. The molecule has 0 bridgehead atoms. The molecule has 110 valence electrons. The molecule has 0 aromatic heterocycles. The van der Waals surface area contributed by atoms with Gasteiger partial charge in [-0.3, -0.25) is 4.79 Å². The minimum atomic E-state index is -0.790. The first-order valence-electron chi connectivity index (χ1n) is 6.94. The molecule has 2 aromatic rings. The van der Waals surface area contributed by atoms with E-state index in [0.717, 1.165) is 26.7 Å². The second kappa shape index (κ2) is 6.44. The van der Waals surface area contributed by atoms with Gasteiger partial charge < -0.3 is 5.11 Å². The van der Waals surface area contributed by atoms with E-state index in [2.05, 4.69) is 35.0 Å². The maximum absolute atomic E-state index is 11.7. The summed E-state index contributed by atoms with van der Waals surface area (Å²) in [6, 6.07) is 11.8. The van der Waals surface area contributed by atoms with Gasteiger partial charge in [0.05, 0.1) is 5.92 Å². The fraction of sp³-hybridized carbons (Fsp3) is 0.278. The van der Waals surface area contributed by atoms with Crippen LogP contribution in [0.3, 0.4) is 0 Å². The van der Waals surface area contributed by atoms with E-state index in [1.54, 1.807) is 0 Å². The van der Waals surface area contributed by atoms with Crippen LogP contribution >= 0.6 is 15.9 Å². The lowest BCUT2D eigenvalue weighted by molar-refractivity contribution is -0.138. The van der Waals surface area contributed by atoms with Crippen molar-refractivity contribution in [2.75, 3.05) is 0 Å². The maximum Gasteiger partial charge on any atom is 0.311 e. The number of aliphatic carboxylic acids is 1. The number of carboxylic acid groups (broad SMARTS) is 1. The zero-order chi connectivity index (χ0) is 15.6. The Morgan fingerprint density at radius 3 is 2.24 bits per heavy atom. The predicted octanol–water partition coefficient (Wildman–Crippen LogP) is 4.79. The number of carbonyl (C=O) groups is 1. The third kappa shape index (κ3) is 3.53. The van der Waals surface area contributed by atoms with Crippen LogP contribution in [0.2, 0.25) is 0 Å². The highest BCUT2D eigenvalue weighted by Crippen LogP contribution is 2.30. The summed E-state index contributed by atoms with van der Waals surface area (Å²) in [6.45, 7) is 6.16. The first-order valence-corrected chi connectivity index (χ1v) is 7.73. The maximum atomic E-state index is 11.7. The molecule has 1 atom stereocenters. The van der Waals surface area contributed by atoms with Crippen LogP contribution in [0.1, 0.15) is 33.7 Å². The highest BCUT2D eigenvalue weighted by Gasteiger charge is 2.23. The molecule has 0 aliphatic rings. The van der Waals surface area contributed by atoms with Crippen LogP contribution in [0.15, 0.2) is 40.9 Å². The molecule has 0 amide bonds. The molecule has 0 aliphatic heterocycles. The van der Waals surface area contributed by atoms with E-state index < -0.39 is 11.9 Å². The molecule has 0 saturated carbocycles. The summed E-state index contributed by atoms with van der Waals surface area (Å²) in [5.74, 6) is -1.33. The van der Waals surface area contributed by atoms with Crippen molar-refractivity contribution < 1.29 is 9.90 Å². The lowest BCUT2D eigenvalue weighted by Crippen LogP contribution is -2.16. The number of rotatable bonds is 4. The van der Waals surface area contributed by atoms with Gasteiger partial charge in [0.2, 0.25) is 0 Å². The van der Waals surface area contributed by atoms with Crippen molar-refractivity contribution in [3.8, 4) is 0 Å². The molecule has 0 heterocycles. The SMILES string of the molecule is Cc1cc(C)c(CC(C(=O)O)c2ccccc2Br)c(C)c1. The molecule has 0 saturated heterocycles. The van der Waals surface area contributed by atoms with Gasteiger partial charge in [-0.15, -0.1) is 0 Å². The number of benzene rings is 2. The van der Waals surface area contributed by atoms with E-state index in [-0.39, 0.29) is 0 Å². The number of aryl methyl sites for hydroxylation is 3. The molecule has 0 fully saturated rings. The Hall–Kier alpha value is -1.61. The Kier molecular flexibility index (Phi) is 4.84. The summed E-state index contributed by atoms with van der Waals surface area (Å²) in [4.78, 5) is 11.7. The fourth-order valence-electron chi connectivity index (χ4n) is 2.82. The summed E-state index contributed by atoms with van der Waals surface area (Å²) in [5, 5.41) is 9.63. The van der Waals surface area contributed by atoms with Gasteiger partial charge >= 0.3 is 5.97 Å². The van der Waals surface area contributed by atoms with Crippen molar-refractivity contribution in [1.29, 1.82) is 0 Å². The number of hydrogen-bond donors (Lipinski definition) is 1. The van der Waals surface area contributed by atoms with Gasteiger partial charge in [0, 0.05) is 4.47 Å². The second-order valence-electron chi connectivity index (χ2n) is 5.49. The van der Waals surface area contributed by atoms with Gasteiger partial charge in [-0.1, -0.05) is 51.8 Å². The second-order valence-corrected chi connectivity index (χ2v) is 6.35. The van der Waals surface area contributed by atoms with Crippen LogP contribution in [-0.4, -0.2) is 11.1 Å². The Bertz CT molecular complexity index is 654. The van der Waals surface area contributed by atoms with E-state index in [4.69, 9.17) is 0 Å². The summed E-state index contributed by atoms with van der Waals surface area (Å²) < 4.78 is 0.847. The van der Waals surface area contributed by atoms with Gasteiger partial charge in [-0.05, 0) is 55.5 Å². The van der Waals surface area contributed by atoms with E-state index in [9.17, 15) is 9.90 Å². The van der Waals surface area contributed by atoms with E-state index >= 15 is 0 Å². The average molecular weight is 347 g/mol. The highest BCUT2D eigenvalue weighted by molar-refractivity contribution is 9.10. The first-order chi connectivity index (χ1) is 9.90. The zero-order valence-electron chi connectivity index (χ0n) is 12.5. The van der Waals surface area contributed by atoms with Crippen molar-refractivity contribution >= 4 is 21.9 Å². The number of hydrogen-bond acceptors (Lipinski definition) is 1. The molecule has 0 radical (unpaired) electrons. The minimum absolute atomic E-state index is 0.510. The van der Waals surface area contributed by atoms with Crippen molar-refractivity contribution in [2.24, 2.45) is 0 Å². The normalized spacial score (nSPS) is 12.2. The summed E-state index contributed by atoms with van der Waals surface area (Å²) in [5.41, 5.74) is 5.48. The van der Waals surface area contributed by atoms with Gasteiger partial charge in [-0.2, -0.15) is 0 Å². The third-order valence-corrected chi connectivity index (χ3v) is 4.55. The largest absolute Gasteiger partial charge is 0.481 e. The minimum Gasteiger partial charge on any atom is -0.481 e. The van der Waals surface area contributed by atoms with Crippen LogP contribution < -0.4 is 0 Å². The standard InChI is InChI=1S/C18H19BrO2/c1-11-8-12(2)15(13(3)9-11)10-16(18(20)21)14-6-4-5-7-17(14)19/h4-9,16H,10H2,1-3H3,(H,20,21). The Labute approximate surface area is 134 Å². The van der Waals surface area contributed by atoms with Crippen molar-refractivity contribution in [2.45, 2.75) is 33.1 Å². The molecule has 2 nitrogen and oxygen atoms in total. The molecule has 0 spiro atoms. The molecule has 1 N–H and O–H groups in total. The van der Waals surface area contributed by atoms with Crippen LogP contribution in [0.5, 0.6) is 0 Å². The molecule has 2 aromatic carbocycles. The number of carboxylic acids is 1. The predicted molar refractivity (Wildman–Crippen MR) is 88.9 cm³/mol. The fourth-order valence-corrected chi connectivity index (χ4v) is 3.39. The quantitative estimate of drug-likeness (QED) is 0.864. The monoisotopic (exact) mass is 346 g/mol. The summed E-state index contributed by atoms with van der Waals surface area (Å²) in [6.07, 6.45) is 0.510. The molecular formula is C18H19BrO2. The highest BCUT2D eigenvalue weighted by atomic mass is 79.9. The Morgan fingerprint density at radius 2 is 1.71 bits per heavy atom. The van der Waals surface area contributed by atoms with Crippen molar-refractivity contribution in [3.05, 3.63) is 68.7 Å². The van der Waals surface area contributed by atoms with Crippen LogP contribution in [0.25, 0.3) is 0 Å². The molecule has 1 unspecified atom stereocenters. The van der Waals surface area contributed by atoms with E-state index in [1.807, 2.05) is 38.1 Å². The van der Waals surface area contributed by atoms with Gasteiger partial charge in [0.25, 0.3) is 0 Å². The topological polar surface area (TPSA) is 37.3 Å². The summed E-state index contributed by atoms with van der Waals surface area (Å²) in [7, 11) is 0. The van der Waals surface area contributed by atoms with Crippen molar-refractivity contribution in [1.82, 2.24) is 0 Å². The molecule has 2 rings (SSSR count). The zero-order valence-corrected chi connectivity index (χ0v) is 14.1. The Balaban J connectivity index is 2.43. The van der Waals surface area contributed by atoms with Gasteiger partial charge in [0.1, 0.15) is 0 Å². The van der Waals surface area contributed by atoms with E-state index in [1.165, 1.54) is 5.56 Å². The van der Waals surface area contributed by atoms with Crippen LogP contribution in [-0.2, 0) is 11.2 Å². The van der Waals surface area contributed by atoms with E-state index in [0.29, 0.717) is 6.42 Å². The summed E-state index contributed by atoms with van der Waals surface area (Å²) >= 11 is 3.46. The molecule has 0 aliphatic carbocycles. The number of halogens is 1. The van der Waals surface area contributed by atoms with Crippen molar-refractivity contribution in [3.63, 3.8) is 0 Å². The lowest BCUT2D eigenvalue weighted by atomic mass is 9.87. The lowest BCUT2D eigenvalue weighted by Gasteiger charge is -2.18. The van der Waals surface area contributed by atoms with Gasteiger partial charge in [-0.25, -0.2) is 0 Å². The molecule has 3 heteroatoms.